The van der Waals surface area contributed by atoms with Gasteiger partial charge in [0.15, 0.2) is 0 Å². The van der Waals surface area contributed by atoms with Gasteiger partial charge in [-0.05, 0) is 105 Å². The molecule has 54 heavy (non-hydrogen) atoms. The molecule has 0 aliphatic rings. The van der Waals surface area contributed by atoms with Crippen LogP contribution in [0.5, 0.6) is 0 Å². The van der Waals surface area contributed by atoms with Crippen LogP contribution in [0.15, 0.2) is 92.8 Å². The Labute approximate surface area is 318 Å². The average Bonchev–Trinajstić information content (AvgIpc) is 3.84. The van der Waals surface area contributed by atoms with Crippen molar-refractivity contribution in [3.8, 4) is 11.3 Å². The minimum absolute atomic E-state index is 0.00854. The lowest BCUT2D eigenvalue weighted by molar-refractivity contribution is 0.0685. The summed E-state index contributed by atoms with van der Waals surface area (Å²) in [6.45, 7) is 15.6. The highest BCUT2D eigenvalue weighted by molar-refractivity contribution is 9.10. The van der Waals surface area contributed by atoms with E-state index < -0.39 is 24.7 Å². The first-order valence-corrected chi connectivity index (χ1v) is 17.7. The molecular weight excluding hydrogens is 767 g/mol. The Morgan fingerprint density at radius 2 is 1.15 bits per heavy atom. The fourth-order valence-electron chi connectivity index (χ4n) is 5.70. The molecule has 0 amide bonds. The summed E-state index contributed by atoms with van der Waals surface area (Å²) < 4.78 is 21.1. The number of aryl methyl sites for hydroxylation is 2. The van der Waals surface area contributed by atoms with Gasteiger partial charge in [0.1, 0.15) is 45.1 Å². The van der Waals surface area contributed by atoms with Gasteiger partial charge < -0.3 is 47.7 Å². The Hall–Kier alpha value is -5.58. The van der Waals surface area contributed by atoms with Gasteiger partial charge in [0, 0.05) is 60.5 Å². The Balaban J connectivity index is 0.000000195. The van der Waals surface area contributed by atoms with Crippen LogP contribution >= 0.6 is 15.9 Å². The average molecular weight is 807 g/mol. The second kappa shape index (κ2) is 18.0. The Bertz CT molecular complexity index is 2390. The summed E-state index contributed by atoms with van der Waals surface area (Å²) in [6.07, 6.45) is 2.06. The van der Waals surface area contributed by atoms with Crippen molar-refractivity contribution in [1.29, 1.82) is 0 Å². The summed E-state index contributed by atoms with van der Waals surface area (Å²) in [7, 11) is -1.76. The molecule has 0 atom stereocenters. The number of carboxylic acid groups (broad SMARTS) is 2. The number of carbonyl (C=O) groups is 2. The maximum Gasteiger partial charge on any atom is 0.526 e. The van der Waals surface area contributed by atoms with Crippen molar-refractivity contribution in [2.45, 2.75) is 41.5 Å². The monoisotopic (exact) mass is 806 g/mol. The van der Waals surface area contributed by atoms with Crippen molar-refractivity contribution in [2.24, 2.45) is 0 Å². The molecule has 2 aromatic carbocycles. The molecule has 14 nitrogen and oxygen atoms in total. The van der Waals surface area contributed by atoms with E-state index in [1.807, 2.05) is 37.3 Å². The first kappa shape index (κ1) is 41.2. The fourth-order valence-corrected chi connectivity index (χ4v) is 6.00. The number of anilines is 2. The zero-order chi connectivity index (χ0) is 39.9. The highest BCUT2D eigenvalue weighted by Gasteiger charge is 2.20. The van der Waals surface area contributed by atoms with E-state index in [-0.39, 0.29) is 33.7 Å². The molecule has 0 spiro atoms. The third-order valence-electron chi connectivity index (χ3n) is 8.70. The second-order valence-corrected chi connectivity index (χ2v) is 12.6. The molecular formula is C38H40BBrN2O12. The van der Waals surface area contributed by atoms with Gasteiger partial charge in [0.05, 0.1) is 11.1 Å². The van der Waals surface area contributed by atoms with Gasteiger partial charge in [0.2, 0.25) is 0 Å². The standard InChI is InChI=1S/C19H19NO5.C14H16BrNO2.C5H5BO5/c1-4-20(5-2)13-6-7-14-11(3)17(19(23)25-15(14)9-13)16-8-12(10-24-16)18(21)22;1-4-16(5-2)10-6-7-11-9(3)13(15)14(17)18-12(11)8-10;7-5(8)3-1-4(6(9)10)11-2-3/h6-10H,4-5H2,1-3H3,(H,21,22);6-8H,4-5H2,1-3H3;1-2,9-10H,(H,7,8). The van der Waals surface area contributed by atoms with Gasteiger partial charge in [-0.25, -0.2) is 19.2 Å². The van der Waals surface area contributed by atoms with Crippen LogP contribution in [-0.2, 0) is 0 Å². The molecule has 0 aliphatic heterocycles. The third kappa shape index (κ3) is 9.13. The van der Waals surface area contributed by atoms with Crippen LogP contribution in [0.2, 0.25) is 0 Å². The topological polar surface area (TPSA) is 208 Å². The summed E-state index contributed by atoms with van der Waals surface area (Å²) >= 11 is 3.26. The smallest absolute Gasteiger partial charge is 0.478 e. The van der Waals surface area contributed by atoms with E-state index in [1.165, 1.54) is 6.07 Å². The molecule has 0 unspecified atom stereocenters. The molecule has 6 rings (SSSR count). The summed E-state index contributed by atoms with van der Waals surface area (Å²) in [4.78, 5) is 49.7. The number of rotatable bonds is 10. The summed E-state index contributed by atoms with van der Waals surface area (Å²) in [5.41, 5.74) is 3.92. The Kier molecular flexibility index (Phi) is 13.7. The minimum atomic E-state index is -1.76. The van der Waals surface area contributed by atoms with Gasteiger partial charge in [-0.1, -0.05) is 0 Å². The molecule has 4 aromatic heterocycles. The molecule has 0 saturated heterocycles. The fraction of sp³-hybridized carbons (Fsp3) is 0.263. The number of benzene rings is 2. The highest BCUT2D eigenvalue weighted by atomic mass is 79.9. The Morgan fingerprint density at radius 3 is 1.57 bits per heavy atom. The van der Waals surface area contributed by atoms with Crippen LogP contribution in [-0.4, -0.2) is 65.5 Å². The first-order valence-electron chi connectivity index (χ1n) is 17.0. The number of halogens is 1. The third-order valence-corrected chi connectivity index (χ3v) is 9.62. The van der Waals surface area contributed by atoms with E-state index >= 15 is 0 Å². The minimum Gasteiger partial charge on any atom is -0.478 e. The highest BCUT2D eigenvalue weighted by Crippen LogP contribution is 2.31. The van der Waals surface area contributed by atoms with Crippen LogP contribution in [0.1, 0.15) is 59.5 Å². The number of hydrogen-bond donors (Lipinski definition) is 4. The lowest BCUT2D eigenvalue weighted by atomic mass is 9.87. The number of furan rings is 2. The van der Waals surface area contributed by atoms with E-state index in [0.717, 1.165) is 72.5 Å². The van der Waals surface area contributed by atoms with Gasteiger partial charge in [0.25, 0.3) is 0 Å². The van der Waals surface area contributed by atoms with Crippen molar-refractivity contribution < 1.29 is 47.5 Å². The molecule has 16 heteroatoms. The zero-order valence-corrected chi connectivity index (χ0v) is 32.1. The number of fused-ring (bicyclic) bond motifs is 2. The normalized spacial score (nSPS) is 10.7. The van der Waals surface area contributed by atoms with Crippen molar-refractivity contribution in [1.82, 2.24) is 0 Å². The van der Waals surface area contributed by atoms with Gasteiger partial charge in [-0.3, -0.25) is 0 Å². The van der Waals surface area contributed by atoms with Crippen LogP contribution < -0.4 is 26.7 Å². The Morgan fingerprint density at radius 1 is 0.685 bits per heavy atom. The van der Waals surface area contributed by atoms with Crippen molar-refractivity contribution >= 4 is 74.0 Å². The largest absolute Gasteiger partial charge is 0.526 e. The summed E-state index contributed by atoms with van der Waals surface area (Å²) in [5, 5.41) is 36.1. The SMILES string of the molecule is CCN(CC)c1ccc2c(C)c(-c3cc(C(=O)O)co3)c(=O)oc2c1.CCN(CC)c1ccc2c(C)c(Br)c(=O)oc2c1.O=C(O)c1coc(B(O)O)c1. The van der Waals surface area contributed by atoms with E-state index in [4.69, 9.17) is 33.5 Å². The molecule has 0 saturated carbocycles. The van der Waals surface area contributed by atoms with E-state index in [2.05, 4.69) is 63.9 Å². The molecule has 4 heterocycles. The maximum absolute atomic E-state index is 12.5. The molecule has 0 bridgehead atoms. The van der Waals surface area contributed by atoms with Crippen molar-refractivity contribution in [2.75, 3.05) is 36.0 Å². The van der Waals surface area contributed by atoms with Crippen LogP contribution in [0.3, 0.4) is 0 Å². The molecule has 6 aromatic rings. The van der Waals surface area contributed by atoms with Gasteiger partial charge in [-0.15, -0.1) is 0 Å². The van der Waals surface area contributed by atoms with Crippen LogP contribution in [0.25, 0.3) is 33.3 Å². The summed E-state index contributed by atoms with van der Waals surface area (Å²) in [5.74, 6) is -2.08. The maximum atomic E-state index is 12.5. The molecule has 4 N–H and O–H groups in total. The zero-order valence-electron chi connectivity index (χ0n) is 30.5. The van der Waals surface area contributed by atoms with E-state index in [0.29, 0.717) is 21.2 Å². The molecule has 0 fully saturated rings. The predicted molar refractivity (Wildman–Crippen MR) is 209 cm³/mol. The van der Waals surface area contributed by atoms with E-state index in [9.17, 15) is 19.2 Å². The van der Waals surface area contributed by atoms with Gasteiger partial charge in [-0.2, -0.15) is 0 Å². The lowest BCUT2D eigenvalue weighted by Crippen LogP contribution is -2.28. The quantitative estimate of drug-likeness (QED) is 0.0889. The molecule has 284 valence electrons. The van der Waals surface area contributed by atoms with E-state index in [1.54, 1.807) is 6.92 Å². The van der Waals surface area contributed by atoms with Gasteiger partial charge >= 0.3 is 30.3 Å². The van der Waals surface area contributed by atoms with Crippen molar-refractivity contribution in [3.63, 3.8) is 0 Å². The predicted octanol–water partition coefficient (Wildman–Crippen LogP) is 6.27. The number of carboxylic acids is 2. The molecule has 0 radical (unpaired) electrons. The number of hydrogen-bond acceptors (Lipinski definition) is 12. The number of nitrogens with zero attached hydrogens (tertiary/aromatic N) is 2. The van der Waals surface area contributed by atoms with Crippen LogP contribution in [0.4, 0.5) is 11.4 Å². The number of aromatic carboxylic acids is 2. The second-order valence-electron chi connectivity index (χ2n) is 11.8. The lowest BCUT2D eigenvalue weighted by Gasteiger charge is -2.21. The first-order chi connectivity index (χ1) is 25.6. The van der Waals surface area contributed by atoms with Crippen molar-refractivity contribution in [3.05, 3.63) is 109 Å². The van der Waals surface area contributed by atoms with Crippen LogP contribution in [0, 0.1) is 13.8 Å². The molecule has 0 aliphatic carbocycles. The summed E-state index contributed by atoms with van der Waals surface area (Å²) in [6, 6.07) is 14.1.